The SMILES string of the molecule is CC(C)(Cc1ccc(Cl)cc1Br)C(=O)O. The Bertz CT molecular complexity index is 388. The predicted molar refractivity (Wildman–Crippen MR) is 64.3 cm³/mol. The Labute approximate surface area is 102 Å². The van der Waals surface area contributed by atoms with Crippen LogP contribution in [0.25, 0.3) is 0 Å². The van der Waals surface area contributed by atoms with E-state index in [1.165, 1.54) is 0 Å². The van der Waals surface area contributed by atoms with Crippen molar-refractivity contribution in [2.24, 2.45) is 5.41 Å². The van der Waals surface area contributed by atoms with Crippen molar-refractivity contribution in [3.05, 3.63) is 33.3 Å². The first-order valence-corrected chi connectivity index (χ1v) is 5.67. The van der Waals surface area contributed by atoms with Crippen molar-refractivity contribution in [1.29, 1.82) is 0 Å². The molecule has 0 spiro atoms. The van der Waals surface area contributed by atoms with Crippen molar-refractivity contribution in [2.75, 3.05) is 0 Å². The highest BCUT2D eigenvalue weighted by atomic mass is 79.9. The van der Waals surface area contributed by atoms with Crippen molar-refractivity contribution in [1.82, 2.24) is 0 Å². The third-order valence-electron chi connectivity index (χ3n) is 2.23. The second kappa shape index (κ2) is 4.54. The van der Waals surface area contributed by atoms with Gasteiger partial charge in [0.1, 0.15) is 0 Å². The molecule has 0 amide bonds. The zero-order valence-corrected chi connectivity index (χ0v) is 10.9. The van der Waals surface area contributed by atoms with Crippen LogP contribution < -0.4 is 0 Å². The summed E-state index contributed by atoms with van der Waals surface area (Å²) in [5.74, 6) is -0.802. The minimum atomic E-state index is -0.802. The lowest BCUT2D eigenvalue weighted by atomic mass is 9.86. The summed E-state index contributed by atoms with van der Waals surface area (Å²) in [5.41, 5.74) is 0.183. The monoisotopic (exact) mass is 290 g/mol. The molecule has 0 heterocycles. The Kier molecular flexibility index (Phi) is 3.79. The van der Waals surface area contributed by atoms with Gasteiger partial charge in [-0.15, -0.1) is 0 Å². The third-order valence-corrected chi connectivity index (χ3v) is 3.20. The Morgan fingerprint density at radius 1 is 1.53 bits per heavy atom. The second-order valence-corrected chi connectivity index (χ2v) is 5.39. The van der Waals surface area contributed by atoms with Gasteiger partial charge in [0, 0.05) is 9.50 Å². The first-order chi connectivity index (χ1) is 6.83. The summed E-state index contributed by atoms with van der Waals surface area (Å²) in [5, 5.41) is 9.64. The molecule has 0 unspecified atom stereocenters. The van der Waals surface area contributed by atoms with Crippen LogP contribution in [0.3, 0.4) is 0 Å². The van der Waals surface area contributed by atoms with Gasteiger partial charge < -0.3 is 5.11 Å². The molecule has 0 aliphatic carbocycles. The first-order valence-electron chi connectivity index (χ1n) is 4.50. The second-order valence-electron chi connectivity index (χ2n) is 4.10. The summed E-state index contributed by atoms with van der Waals surface area (Å²) >= 11 is 9.18. The minimum absolute atomic E-state index is 0.472. The molecule has 0 radical (unpaired) electrons. The van der Waals surface area contributed by atoms with Gasteiger partial charge in [-0.2, -0.15) is 0 Å². The molecule has 0 aromatic heterocycles. The van der Waals surface area contributed by atoms with Crippen molar-refractivity contribution in [2.45, 2.75) is 20.3 Å². The molecule has 0 atom stereocenters. The van der Waals surface area contributed by atoms with Crippen LogP contribution in [0.15, 0.2) is 22.7 Å². The van der Waals surface area contributed by atoms with Gasteiger partial charge in [-0.1, -0.05) is 33.6 Å². The lowest BCUT2D eigenvalue weighted by Gasteiger charge is -2.19. The molecular weight excluding hydrogens is 279 g/mol. The van der Waals surface area contributed by atoms with Gasteiger partial charge in [-0.3, -0.25) is 4.79 Å². The highest BCUT2D eigenvalue weighted by Crippen LogP contribution is 2.28. The molecule has 0 fully saturated rings. The molecule has 2 nitrogen and oxygen atoms in total. The summed E-state index contributed by atoms with van der Waals surface area (Å²) in [6.45, 7) is 3.41. The summed E-state index contributed by atoms with van der Waals surface area (Å²) in [4.78, 5) is 11.0. The van der Waals surface area contributed by atoms with Crippen molar-refractivity contribution < 1.29 is 9.90 Å². The molecule has 0 aliphatic rings. The Morgan fingerprint density at radius 2 is 2.13 bits per heavy atom. The van der Waals surface area contributed by atoms with Crippen LogP contribution in [0, 0.1) is 5.41 Å². The average Bonchev–Trinajstić information content (AvgIpc) is 2.09. The normalized spacial score (nSPS) is 11.5. The number of carboxylic acids is 1. The molecule has 1 aromatic rings. The van der Waals surface area contributed by atoms with E-state index >= 15 is 0 Å². The van der Waals surface area contributed by atoms with E-state index in [4.69, 9.17) is 16.7 Å². The van der Waals surface area contributed by atoms with E-state index in [2.05, 4.69) is 15.9 Å². The molecule has 4 heteroatoms. The number of carboxylic acid groups (broad SMARTS) is 1. The van der Waals surface area contributed by atoms with Gasteiger partial charge in [0.15, 0.2) is 0 Å². The summed E-state index contributed by atoms with van der Waals surface area (Å²) in [7, 11) is 0. The number of halogens is 2. The zero-order chi connectivity index (χ0) is 11.6. The van der Waals surface area contributed by atoms with Gasteiger partial charge in [-0.25, -0.2) is 0 Å². The summed E-state index contributed by atoms with van der Waals surface area (Å²) in [6.07, 6.45) is 0.472. The number of hydrogen-bond acceptors (Lipinski definition) is 1. The smallest absolute Gasteiger partial charge is 0.309 e. The van der Waals surface area contributed by atoms with E-state index in [1.807, 2.05) is 6.07 Å². The molecule has 0 saturated carbocycles. The van der Waals surface area contributed by atoms with Gasteiger partial charge >= 0.3 is 5.97 Å². The number of benzene rings is 1. The molecule has 0 aliphatic heterocycles. The minimum Gasteiger partial charge on any atom is -0.481 e. The molecule has 0 saturated heterocycles. The fraction of sp³-hybridized carbons (Fsp3) is 0.364. The maximum atomic E-state index is 11.0. The Balaban J connectivity index is 2.95. The van der Waals surface area contributed by atoms with Gasteiger partial charge in [-0.05, 0) is 38.0 Å². The first kappa shape index (κ1) is 12.5. The zero-order valence-electron chi connectivity index (χ0n) is 8.55. The van der Waals surface area contributed by atoms with E-state index in [1.54, 1.807) is 26.0 Å². The molecule has 82 valence electrons. The largest absolute Gasteiger partial charge is 0.481 e. The summed E-state index contributed by atoms with van der Waals surface area (Å²) in [6, 6.07) is 5.38. The van der Waals surface area contributed by atoms with Crippen LogP contribution in [-0.2, 0) is 11.2 Å². The third kappa shape index (κ3) is 3.21. The Morgan fingerprint density at radius 3 is 2.60 bits per heavy atom. The van der Waals surface area contributed by atoms with Crippen LogP contribution in [0.1, 0.15) is 19.4 Å². The van der Waals surface area contributed by atoms with Crippen LogP contribution >= 0.6 is 27.5 Å². The fourth-order valence-electron chi connectivity index (χ4n) is 1.22. The lowest BCUT2D eigenvalue weighted by molar-refractivity contribution is -0.146. The topological polar surface area (TPSA) is 37.3 Å². The standard InChI is InChI=1S/C11H12BrClO2/c1-11(2,10(14)15)6-7-3-4-8(13)5-9(7)12/h3-5H,6H2,1-2H3,(H,14,15). The lowest BCUT2D eigenvalue weighted by Crippen LogP contribution is -2.26. The average molecular weight is 292 g/mol. The summed E-state index contributed by atoms with van der Waals surface area (Å²) < 4.78 is 0.851. The highest BCUT2D eigenvalue weighted by Gasteiger charge is 2.28. The molecular formula is C11H12BrClO2. The number of rotatable bonds is 3. The maximum absolute atomic E-state index is 11.0. The molecule has 1 N–H and O–H groups in total. The van der Waals surface area contributed by atoms with Gasteiger partial charge in [0.05, 0.1) is 5.41 Å². The van der Waals surface area contributed by atoms with Crippen molar-refractivity contribution in [3.63, 3.8) is 0 Å². The van der Waals surface area contributed by atoms with E-state index in [-0.39, 0.29) is 0 Å². The molecule has 1 rings (SSSR count). The van der Waals surface area contributed by atoms with Crippen LogP contribution in [0.5, 0.6) is 0 Å². The van der Waals surface area contributed by atoms with E-state index in [9.17, 15) is 4.79 Å². The van der Waals surface area contributed by atoms with Crippen LogP contribution in [-0.4, -0.2) is 11.1 Å². The molecule has 0 bridgehead atoms. The molecule has 1 aromatic carbocycles. The van der Waals surface area contributed by atoms with Crippen molar-refractivity contribution in [3.8, 4) is 0 Å². The van der Waals surface area contributed by atoms with Crippen LogP contribution in [0.2, 0.25) is 5.02 Å². The number of hydrogen-bond donors (Lipinski definition) is 1. The number of aliphatic carboxylic acids is 1. The van der Waals surface area contributed by atoms with Gasteiger partial charge in [0.2, 0.25) is 0 Å². The van der Waals surface area contributed by atoms with E-state index < -0.39 is 11.4 Å². The van der Waals surface area contributed by atoms with Crippen molar-refractivity contribution >= 4 is 33.5 Å². The molecule has 15 heavy (non-hydrogen) atoms. The highest BCUT2D eigenvalue weighted by molar-refractivity contribution is 9.10. The predicted octanol–water partition coefficient (Wildman–Crippen LogP) is 3.76. The Hall–Kier alpha value is -0.540. The fourth-order valence-corrected chi connectivity index (χ4v) is 2.04. The maximum Gasteiger partial charge on any atom is 0.309 e. The quantitative estimate of drug-likeness (QED) is 0.921. The van der Waals surface area contributed by atoms with E-state index in [0.717, 1.165) is 10.0 Å². The van der Waals surface area contributed by atoms with E-state index in [0.29, 0.717) is 11.4 Å². The van der Waals surface area contributed by atoms with Gasteiger partial charge in [0.25, 0.3) is 0 Å². The van der Waals surface area contributed by atoms with Crippen LogP contribution in [0.4, 0.5) is 0 Å². The number of carbonyl (C=O) groups is 1.